The molecule has 1 unspecified atom stereocenters. The Hall–Kier alpha value is -1.55. The lowest BCUT2D eigenvalue weighted by Crippen LogP contribution is -2.24. The van der Waals surface area contributed by atoms with Gasteiger partial charge in [0.1, 0.15) is 5.75 Å². The highest BCUT2D eigenvalue weighted by Crippen LogP contribution is 2.20. The van der Waals surface area contributed by atoms with E-state index < -0.39 is 6.10 Å². The first kappa shape index (κ1) is 15.8. The fraction of sp³-hybridized carbons (Fsp3) is 0.294. The zero-order chi connectivity index (χ0) is 15.2. The molecular formula is C17H20ClNO2. The fourth-order valence-corrected chi connectivity index (χ4v) is 2.32. The van der Waals surface area contributed by atoms with Crippen LogP contribution in [-0.2, 0) is 0 Å². The summed E-state index contributed by atoms with van der Waals surface area (Å²) < 4.78 is 5.11. The number of rotatable bonds is 6. The molecule has 2 atom stereocenters. The van der Waals surface area contributed by atoms with Crippen molar-refractivity contribution in [3.63, 3.8) is 0 Å². The van der Waals surface area contributed by atoms with Gasteiger partial charge in [0.15, 0.2) is 0 Å². The Morgan fingerprint density at radius 1 is 1.14 bits per heavy atom. The van der Waals surface area contributed by atoms with Crippen LogP contribution in [0.1, 0.15) is 30.2 Å². The van der Waals surface area contributed by atoms with Gasteiger partial charge in [-0.1, -0.05) is 35.9 Å². The van der Waals surface area contributed by atoms with Crippen LogP contribution in [0, 0.1) is 0 Å². The fourth-order valence-electron chi connectivity index (χ4n) is 2.13. The summed E-state index contributed by atoms with van der Waals surface area (Å²) in [6.45, 7) is 2.52. The van der Waals surface area contributed by atoms with Crippen molar-refractivity contribution in [3.05, 3.63) is 64.7 Å². The number of nitrogens with one attached hydrogen (secondary N) is 1. The van der Waals surface area contributed by atoms with Crippen LogP contribution in [0.2, 0.25) is 5.02 Å². The van der Waals surface area contributed by atoms with E-state index in [9.17, 15) is 5.11 Å². The van der Waals surface area contributed by atoms with E-state index >= 15 is 0 Å². The van der Waals surface area contributed by atoms with Crippen LogP contribution in [0.4, 0.5) is 0 Å². The minimum absolute atomic E-state index is 0.122. The summed E-state index contributed by atoms with van der Waals surface area (Å²) in [7, 11) is 1.62. The normalized spacial score (nSPS) is 13.7. The minimum Gasteiger partial charge on any atom is -0.497 e. The quantitative estimate of drug-likeness (QED) is 0.854. The average Bonchev–Trinajstić information content (AvgIpc) is 2.52. The smallest absolute Gasteiger partial charge is 0.118 e. The summed E-state index contributed by atoms with van der Waals surface area (Å²) in [5.41, 5.74) is 1.96. The highest BCUT2D eigenvalue weighted by molar-refractivity contribution is 6.30. The van der Waals surface area contributed by atoms with E-state index in [1.807, 2.05) is 55.5 Å². The molecule has 0 bridgehead atoms. The summed E-state index contributed by atoms with van der Waals surface area (Å²) in [6, 6.07) is 15.3. The van der Waals surface area contributed by atoms with E-state index in [1.165, 1.54) is 0 Å². The van der Waals surface area contributed by atoms with E-state index in [0.717, 1.165) is 21.9 Å². The van der Waals surface area contributed by atoms with Gasteiger partial charge in [0.25, 0.3) is 0 Å². The van der Waals surface area contributed by atoms with Crippen molar-refractivity contribution in [1.82, 2.24) is 5.32 Å². The third kappa shape index (κ3) is 4.46. The molecule has 0 aliphatic heterocycles. The van der Waals surface area contributed by atoms with Gasteiger partial charge in [-0.3, -0.25) is 0 Å². The van der Waals surface area contributed by atoms with Gasteiger partial charge in [0.05, 0.1) is 13.2 Å². The second-order valence-electron chi connectivity index (χ2n) is 4.97. The molecule has 0 fully saturated rings. The predicted molar refractivity (Wildman–Crippen MR) is 85.8 cm³/mol. The number of aliphatic hydroxyl groups is 1. The Bertz CT molecular complexity index is 571. The molecule has 2 aromatic carbocycles. The van der Waals surface area contributed by atoms with Crippen molar-refractivity contribution in [3.8, 4) is 5.75 Å². The zero-order valence-corrected chi connectivity index (χ0v) is 13.0. The number of hydrogen-bond donors (Lipinski definition) is 2. The number of halogens is 1. The predicted octanol–water partition coefficient (Wildman–Crippen LogP) is 3.73. The van der Waals surface area contributed by atoms with Crippen LogP contribution >= 0.6 is 11.6 Å². The molecule has 2 N–H and O–H groups in total. The van der Waals surface area contributed by atoms with Crippen molar-refractivity contribution in [2.75, 3.05) is 13.7 Å². The molecule has 0 spiro atoms. The standard InChI is InChI=1S/C17H20ClNO2/c1-12(14-4-3-5-15(18)10-14)19-11-17(20)13-6-8-16(21-2)9-7-13/h3-10,12,17,19-20H,11H2,1-2H3/t12-,17?/m0/s1. The van der Waals surface area contributed by atoms with Gasteiger partial charge in [0, 0.05) is 17.6 Å². The largest absolute Gasteiger partial charge is 0.497 e. The van der Waals surface area contributed by atoms with Crippen LogP contribution in [0.3, 0.4) is 0 Å². The summed E-state index contributed by atoms with van der Waals surface area (Å²) in [6.07, 6.45) is -0.558. The lowest BCUT2D eigenvalue weighted by atomic mass is 10.1. The maximum absolute atomic E-state index is 10.2. The molecule has 3 nitrogen and oxygen atoms in total. The maximum Gasteiger partial charge on any atom is 0.118 e. The average molecular weight is 306 g/mol. The van der Waals surface area contributed by atoms with Crippen molar-refractivity contribution in [2.45, 2.75) is 19.1 Å². The van der Waals surface area contributed by atoms with Crippen molar-refractivity contribution < 1.29 is 9.84 Å². The van der Waals surface area contributed by atoms with E-state index in [1.54, 1.807) is 7.11 Å². The monoisotopic (exact) mass is 305 g/mol. The number of ether oxygens (including phenoxy) is 1. The third-order valence-electron chi connectivity index (χ3n) is 3.47. The lowest BCUT2D eigenvalue weighted by Gasteiger charge is -2.18. The Morgan fingerprint density at radius 3 is 2.48 bits per heavy atom. The molecule has 0 saturated carbocycles. The molecule has 0 saturated heterocycles. The number of aliphatic hydroxyl groups excluding tert-OH is 1. The number of benzene rings is 2. The Kier molecular flexibility index (Phi) is 5.62. The molecule has 0 aliphatic rings. The topological polar surface area (TPSA) is 41.5 Å². The number of methoxy groups -OCH3 is 1. The van der Waals surface area contributed by atoms with E-state index in [-0.39, 0.29) is 6.04 Å². The van der Waals surface area contributed by atoms with Crippen molar-refractivity contribution in [1.29, 1.82) is 0 Å². The molecule has 0 amide bonds. The first-order valence-corrected chi connectivity index (χ1v) is 7.29. The Morgan fingerprint density at radius 2 is 1.86 bits per heavy atom. The summed E-state index contributed by atoms with van der Waals surface area (Å²) >= 11 is 5.99. The molecule has 2 aromatic rings. The van der Waals surface area contributed by atoms with E-state index in [2.05, 4.69) is 5.32 Å². The SMILES string of the molecule is COc1ccc(C(O)CN[C@@H](C)c2cccc(Cl)c2)cc1. The number of hydrogen-bond acceptors (Lipinski definition) is 3. The lowest BCUT2D eigenvalue weighted by molar-refractivity contribution is 0.170. The zero-order valence-electron chi connectivity index (χ0n) is 12.2. The highest BCUT2D eigenvalue weighted by Gasteiger charge is 2.11. The minimum atomic E-state index is -0.558. The molecule has 21 heavy (non-hydrogen) atoms. The molecule has 0 aliphatic carbocycles. The van der Waals surface area contributed by atoms with Crippen LogP contribution < -0.4 is 10.1 Å². The van der Waals surface area contributed by atoms with Gasteiger partial charge in [-0.25, -0.2) is 0 Å². The van der Waals surface area contributed by atoms with Gasteiger partial charge >= 0.3 is 0 Å². The van der Waals surface area contributed by atoms with Gasteiger partial charge in [0.2, 0.25) is 0 Å². The Labute approximate surface area is 130 Å². The molecule has 2 rings (SSSR count). The summed E-state index contributed by atoms with van der Waals surface area (Å²) in [5.74, 6) is 0.784. The Balaban J connectivity index is 1.92. The van der Waals surface area contributed by atoms with Gasteiger partial charge in [-0.05, 0) is 42.3 Å². The molecule has 4 heteroatoms. The molecule has 0 heterocycles. The highest BCUT2D eigenvalue weighted by atomic mass is 35.5. The third-order valence-corrected chi connectivity index (χ3v) is 3.70. The van der Waals surface area contributed by atoms with Gasteiger partial charge < -0.3 is 15.2 Å². The van der Waals surface area contributed by atoms with Crippen LogP contribution in [0.5, 0.6) is 5.75 Å². The van der Waals surface area contributed by atoms with Crippen molar-refractivity contribution in [2.24, 2.45) is 0 Å². The maximum atomic E-state index is 10.2. The summed E-state index contributed by atoms with van der Waals surface area (Å²) in [5, 5.41) is 14.2. The second kappa shape index (κ2) is 7.46. The van der Waals surface area contributed by atoms with Crippen LogP contribution in [0.25, 0.3) is 0 Å². The molecule has 0 radical (unpaired) electrons. The van der Waals surface area contributed by atoms with Crippen LogP contribution in [-0.4, -0.2) is 18.8 Å². The summed E-state index contributed by atoms with van der Waals surface area (Å²) in [4.78, 5) is 0. The first-order chi connectivity index (χ1) is 10.1. The first-order valence-electron chi connectivity index (χ1n) is 6.91. The van der Waals surface area contributed by atoms with E-state index in [0.29, 0.717) is 6.54 Å². The molecular weight excluding hydrogens is 286 g/mol. The van der Waals surface area contributed by atoms with Gasteiger partial charge in [-0.2, -0.15) is 0 Å². The van der Waals surface area contributed by atoms with Crippen LogP contribution in [0.15, 0.2) is 48.5 Å². The van der Waals surface area contributed by atoms with Gasteiger partial charge in [-0.15, -0.1) is 0 Å². The van der Waals surface area contributed by atoms with E-state index in [4.69, 9.17) is 16.3 Å². The molecule has 112 valence electrons. The second-order valence-corrected chi connectivity index (χ2v) is 5.41. The molecule has 0 aromatic heterocycles. The van der Waals surface area contributed by atoms with Crippen molar-refractivity contribution >= 4 is 11.6 Å².